The minimum absolute atomic E-state index is 0.454. The molecule has 0 aliphatic heterocycles. The van der Waals surface area contributed by atoms with Crippen LogP contribution >= 0.6 is 0 Å². The molecular formula is C12H18O2. The molecule has 0 radical (unpaired) electrons. The fourth-order valence-electron chi connectivity index (χ4n) is 2.59. The van der Waals surface area contributed by atoms with Gasteiger partial charge in [0.05, 0.1) is 0 Å². The van der Waals surface area contributed by atoms with Gasteiger partial charge in [0, 0.05) is 0 Å². The van der Waals surface area contributed by atoms with Crippen molar-refractivity contribution < 1.29 is 10.1 Å². The Morgan fingerprint density at radius 1 is 1.57 bits per heavy atom. The number of hydrogen-bond acceptors (Lipinski definition) is 2. The van der Waals surface area contributed by atoms with Crippen molar-refractivity contribution in [3.63, 3.8) is 0 Å². The second-order valence-corrected chi connectivity index (χ2v) is 4.64. The molecule has 0 spiro atoms. The maximum Gasteiger partial charge on any atom is 0.126 e. The van der Waals surface area contributed by atoms with Crippen LogP contribution in [0.1, 0.15) is 39.5 Å². The second-order valence-electron chi connectivity index (χ2n) is 4.64. The Kier molecular flexibility index (Phi) is 2.50. The summed E-state index contributed by atoms with van der Waals surface area (Å²) in [5.74, 6) is 0.636. The van der Waals surface area contributed by atoms with Crippen molar-refractivity contribution in [2.24, 2.45) is 5.92 Å². The molecule has 0 heterocycles. The first kappa shape index (κ1) is 9.94. The van der Waals surface area contributed by atoms with E-state index in [1.54, 1.807) is 0 Å². The summed E-state index contributed by atoms with van der Waals surface area (Å²) in [6.45, 7) is 4.24. The van der Waals surface area contributed by atoms with Gasteiger partial charge < -0.3 is 0 Å². The zero-order valence-electron chi connectivity index (χ0n) is 8.92. The van der Waals surface area contributed by atoms with E-state index in [4.69, 9.17) is 5.26 Å². The monoisotopic (exact) mass is 194 g/mol. The molecule has 14 heavy (non-hydrogen) atoms. The Labute approximate surface area is 85.2 Å². The molecule has 2 aliphatic rings. The van der Waals surface area contributed by atoms with Crippen LogP contribution in [-0.2, 0) is 4.89 Å². The van der Waals surface area contributed by atoms with Crippen molar-refractivity contribution in [2.45, 2.75) is 45.1 Å². The molecule has 0 amide bonds. The van der Waals surface area contributed by atoms with Crippen LogP contribution in [0.2, 0.25) is 0 Å². The van der Waals surface area contributed by atoms with Crippen LogP contribution in [-0.4, -0.2) is 10.9 Å². The maximum absolute atomic E-state index is 8.97. The zero-order chi connectivity index (χ0) is 10.2. The number of hydrogen-bond donors (Lipinski definition) is 1. The summed E-state index contributed by atoms with van der Waals surface area (Å²) in [5.41, 5.74) is 2.24. The molecule has 0 saturated heterocycles. The number of rotatable bonds is 1. The minimum Gasteiger partial charge on any atom is -0.251 e. The zero-order valence-corrected chi connectivity index (χ0v) is 8.92. The molecular weight excluding hydrogens is 176 g/mol. The second kappa shape index (κ2) is 3.52. The minimum atomic E-state index is -0.454. The molecule has 1 N–H and O–H groups in total. The molecule has 2 heteroatoms. The average Bonchev–Trinajstić information content (AvgIpc) is 2.39. The predicted molar refractivity (Wildman–Crippen MR) is 55.9 cm³/mol. The van der Waals surface area contributed by atoms with Crippen LogP contribution in [0, 0.1) is 5.92 Å². The molecule has 78 valence electrons. The Morgan fingerprint density at radius 2 is 2.36 bits per heavy atom. The lowest BCUT2D eigenvalue weighted by atomic mass is 9.93. The first-order valence-corrected chi connectivity index (χ1v) is 5.40. The molecule has 0 aromatic rings. The molecule has 2 nitrogen and oxygen atoms in total. The van der Waals surface area contributed by atoms with Crippen LogP contribution in [0.5, 0.6) is 0 Å². The molecule has 2 rings (SSSR count). The van der Waals surface area contributed by atoms with Crippen LogP contribution in [0.25, 0.3) is 0 Å². The van der Waals surface area contributed by atoms with E-state index in [-0.39, 0.29) is 0 Å². The van der Waals surface area contributed by atoms with E-state index in [9.17, 15) is 0 Å². The van der Waals surface area contributed by atoms with E-state index in [0.29, 0.717) is 5.92 Å². The van der Waals surface area contributed by atoms with E-state index >= 15 is 0 Å². The third-order valence-electron chi connectivity index (χ3n) is 3.63. The standard InChI is InChI=1S/C12H18O2/c1-9-5-3-4-6-11-10(9)7-8-12(11,2)14-13/h4,6,9,13H,3,5,7-8H2,1-2H3. The van der Waals surface area contributed by atoms with Crippen LogP contribution in [0.15, 0.2) is 23.3 Å². The van der Waals surface area contributed by atoms with Gasteiger partial charge in [-0.2, -0.15) is 0 Å². The summed E-state index contributed by atoms with van der Waals surface area (Å²) >= 11 is 0. The summed E-state index contributed by atoms with van der Waals surface area (Å²) in [6.07, 6.45) is 8.66. The average molecular weight is 194 g/mol. The van der Waals surface area contributed by atoms with Gasteiger partial charge in [0.1, 0.15) is 5.60 Å². The van der Waals surface area contributed by atoms with Crippen LogP contribution in [0.3, 0.4) is 0 Å². The normalized spacial score (nSPS) is 37.2. The molecule has 0 aromatic heterocycles. The molecule has 0 bridgehead atoms. The van der Waals surface area contributed by atoms with E-state index in [1.165, 1.54) is 17.6 Å². The van der Waals surface area contributed by atoms with Gasteiger partial charge in [-0.05, 0) is 44.1 Å². The SMILES string of the molecule is CC1CCC=CC2=C1CCC2(C)OO. The fraction of sp³-hybridized carbons (Fsp3) is 0.667. The molecule has 0 saturated carbocycles. The molecule has 2 unspecified atom stereocenters. The molecule has 2 aliphatic carbocycles. The van der Waals surface area contributed by atoms with Crippen molar-refractivity contribution >= 4 is 0 Å². The Bertz CT molecular complexity index is 291. The highest BCUT2D eigenvalue weighted by Crippen LogP contribution is 2.43. The Hall–Kier alpha value is -0.600. The quantitative estimate of drug-likeness (QED) is 0.512. The van der Waals surface area contributed by atoms with Gasteiger partial charge in [-0.25, -0.2) is 4.89 Å². The van der Waals surface area contributed by atoms with Crippen molar-refractivity contribution in [1.82, 2.24) is 0 Å². The van der Waals surface area contributed by atoms with Gasteiger partial charge >= 0.3 is 0 Å². The fourth-order valence-corrected chi connectivity index (χ4v) is 2.59. The summed E-state index contributed by atoms with van der Waals surface area (Å²) < 4.78 is 0. The van der Waals surface area contributed by atoms with E-state index in [2.05, 4.69) is 24.0 Å². The Balaban J connectivity index is 2.38. The third kappa shape index (κ3) is 1.43. The lowest BCUT2D eigenvalue weighted by Crippen LogP contribution is -2.26. The van der Waals surface area contributed by atoms with Gasteiger partial charge in [0.15, 0.2) is 0 Å². The number of allylic oxidation sites excluding steroid dienone is 2. The summed E-state index contributed by atoms with van der Waals surface area (Å²) in [5, 5.41) is 8.97. The smallest absolute Gasteiger partial charge is 0.126 e. The van der Waals surface area contributed by atoms with Crippen molar-refractivity contribution in [3.05, 3.63) is 23.3 Å². The molecule has 0 fully saturated rings. The van der Waals surface area contributed by atoms with Gasteiger partial charge in [0.25, 0.3) is 0 Å². The first-order valence-electron chi connectivity index (χ1n) is 5.40. The van der Waals surface area contributed by atoms with Gasteiger partial charge in [-0.15, -0.1) is 0 Å². The molecule has 0 aromatic carbocycles. The van der Waals surface area contributed by atoms with Gasteiger partial charge in [0.2, 0.25) is 0 Å². The van der Waals surface area contributed by atoms with Gasteiger partial charge in [-0.3, -0.25) is 5.26 Å². The van der Waals surface area contributed by atoms with Crippen LogP contribution < -0.4 is 0 Å². The lowest BCUT2D eigenvalue weighted by Gasteiger charge is -2.22. The summed E-state index contributed by atoms with van der Waals surface area (Å²) in [7, 11) is 0. The highest BCUT2D eigenvalue weighted by Gasteiger charge is 2.38. The largest absolute Gasteiger partial charge is 0.251 e. The first-order chi connectivity index (χ1) is 6.67. The maximum atomic E-state index is 8.97. The van der Waals surface area contributed by atoms with E-state index < -0.39 is 5.60 Å². The highest BCUT2D eigenvalue weighted by molar-refractivity contribution is 5.40. The topological polar surface area (TPSA) is 29.5 Å². The third-order valence-corrected chi connectivity index (χ3v) is 3.63. The van der Waals surface area contributed by atoms with Crippen molar-refractivity contribution in [1.29, 1.82) is 0 Å². The van der Waals surface area contributed by atoms with E-state index in [1.807, 2.05) is 6.92 Å². The van der Waals surface area contributed by atoms with Gasteiger partial charge in [-0.1, -0.05) is 24.6 Å². The van der Waals surface area contributed by atoms with E-state index in [0.717, 1.165) is 19.3 Å². The lowest BCUT2D eigenvalue weighted by molar-refractivity contribution is -0.304. The van der Waals surface area contributed by atoms with Crippen molar-refractivity contribution in [3.8, 4) is 0 Å². The Morgan fingerprint density at radius 3 is 3.07 bits per heavy atom. The predicted octanol–water partition coefficient (Wildman–Crippen LogP) is 3.31. The van der Waals surface area contributed by atoms with Crippen molar-refractivity contribution in [2.75, 3.05) is 0 Å². The molecule has 2 atom stereocenters. The summed E-state index contributed by atoms with van der Waals surface area (Å²) in [4.78, 5) is 4.66. The highest BCUT2D eigenvalue weighted by atomic mass is 17.1. The summed E-state index contributed by atoms with van der Waals surface area (Å²) in [6, 6.07) is 0. The van der Waals surface area contributed by atoms with Crippen LogP contribution in [0.4, 0.5) is 0 Å².